The van der Waals surface area contributed by atoms with Gasteiger partial charge in [0.25, 0.3) is 0 Å². The van der Waals surface area contributed by atoms with Gasteiger partial charge in [0.15, 0.2) is 0 Å². The molecule has 0 amide bonds. The molecule has 1 rings (SSSR count). The van der Waals surface area contributed by atoms with Crippen molar-refractivity contribution < 1.29 is 17.6 Å². The summed E-state index contributed by atoms with van der Waals surface area (Å²) >= 11 is -0.290. The fourth-order valence-corrected chi connectivity index (χ4v) is 1.67. The Labute approximate surface area is 83.3 Å². The van der Waals surface area contributed by atoms with E-state index in [-0.39, 0.29) is 16.7 Å². The van der Waals surface area contributed by atoms with Gasteiger partial charge in [0.1, 0.15) is 5.82 Å². The van der Waals surface area contributed by atoms with Crippen molar-refractivity contribution in [2.75, 3.05) is 0 Å². The molecular formula is C9H8F4S. The number of alkyl halides is 3. The number of aryl methyl sites for hydroxylation is 2. The molecule has 78 valence electrons. The molecule has 0 atom stereocenters. The van der Waals surface area contributed by atoms with E-state index in [9.17, 15) is 17.6 Å². The molecule has 0 saturated heterocycles. The topological polar surface area (TPSA) is 0 Å². The Balaban J connectivity index is 3.04. The zero-order valence-electron chi connectivity index (χ0n) is 7.57. The minimum atomic E-state index is -4.37. The molecule has 0 aromatic heterocycles. The van der Waals surface area contributed by atoms with Crippen LogP contribution in [-0.4, -0.2) is 5.51 Å². The summed E-state index contributed by atoms with van der Waals surface area (Å²) in [5.41, 5.74) is -3.58. The number of benzene rings is 1. The average molecular weight is 224 g/mol. The van der Waals surface area contributed by atoms with Crippen molar-refractivity contribution in [3.05, 3.63) is 29.1 Å². The standard InChI is InChI=1S/C9H8F4S/c1-5-3-6(2)8(4-7(5)10)14-9(11,12)13/h3-4H,1-2H3. The smallest absolute Gasteiger partial charge is 0.207 e. The van der Waals surface area contributed by atoms with Gasteiger partial charge in [-0.2, -0.15) is 13.2 Å². The van der Waals surface area contributed by atoms with E-state index in [0.29, 0.717) is 11.1 Å². The molecule has 0 aliphatic heterocycles. The Morgan fingerprint density at radius 2 is 1.64 bits per heavy atom. The van der Waals surface area contributed by atoms with Gasteiger partial charge in [0, 0.05) is 4.90 Å². The fraction of sp³-hybridized carbons (Fsp3) is 0.333. The predicted octanol–water partition coefficient (Wildman–Crippen LogP) is 4.05. The average Bonchev–Trinajstić information content (AvgIpc) is 1.97. The molecular weight excluding hydrogens is 216 g/mol. The molecule has 5 heteroatoms. The third kappa shape index (κ3) is 2.90. The van der Waals surface area contributed by atoms with Crippen LogP contribution in [0.4, 0.5) is 17.6 Å². The third-order valence-corrected chi connectivity index (χ3v) is 2.57. The van der Waals surface area contributed by atoms with Gasteiger partial charge in [-0.1, -0.05) is 6.07 Å². The molecule has 0 saturated carbocycles. The maximum absolute atomic E-state index is 13.0. The molecule has 0 N–H and O–H groups in total. The van der Waals surface area contributed by atoms with Gasteiger partial charge in [-0.15, -0.1) is 0 Å². The molecule has 0 aliphatic carbocycles. The van der Waals surface area contributed by atoms with E-state index in [1.54, 1.807) is 0 Å². The van der Waals surface area contributed by atoms with Gasteiger partial charge in [-0.3, -0.25) is 0 Å². The molecule has 0 spiro atoms. The van der Waals surface area contributed by atoms with Crippen LogP contribution in [0.3, 0.4) is 0 Å². The Hall–Kier alpha value is -0.710. The van der Waals surface area contributed by atoms with Gasteiger partial charge in [0.2, 0.25) is 0 Å². The van der Waals surface area contributed by atoms with Gasteiger partial charge in [-0.05, 0) is 42.8 Å². The predicted molar refractivity (Wildman–Crippen MR) is 47.8 cm³/mol. The minimum Gasteiger partial charge on any atom is -0.207 e. The summed E-state index contributed by atoms with van der Waals surface area (Å²) in [7, 11) is 0. The van der Waals surface area contributed by atoms with E-state index in [2.05, 4.69) is 0 Å². The van der Waals surface area contributed by atoms with E-state index in [4.69, 9.17) is 0 Å². The molecule has 0 unspecified atom stereocenters. The Kier molecular flexibility index (Phi) is 3.09. The first-order chi connectivity index (χ1) is 6.29. The molecule has 14 heavy (non-hydrogen) atoms. The summed E-state index contributed by atoms with van der Waals surface area (Å²) in [5.74, 6) is -0.609. The second-order valence-electron chi connectivity index (χ2n) is 2.91. The molecule has 0 nitrogen and oxygen atoms in total. The summed E-state index contributed by atoms with van der Waals surface area (Å²) in [6.07, 6.45) is 0. The quantitative estimate of drug-likeness (QED) is 0.512. The molecule has 0 fully saturated rings. The maximum atomic E-state index is 13.0. The molecule has 0 heterocycles. The number of hydrogen-bond donors (Lipinski definition) is 0. The van der Waals surface area contributed by atoms with E-state index < -0.39 is 11.3 Å². The normalized spacial score (nSPS) is 11.9. The first kappa shape index (κ1) is 11.4. The molecule has 0 bridgehead atoms. The van der Waals surface area contributed by atoms with Gasteiger partial charge < -0.3 is 0 Å². The van der Waals surface area contributed by atoms with Crippen LogP contribution in [0.15, 0.2) is 17.0 Å². The minimum absolute atomic E-state index is 0.0828. The summed E-state index contributed by atoms with van der Waals surface area (Å²) in [5, 5.41) is 0. The van der Waals surface area contributed by atoms with Crippen LogP contribution < -0.4 is 0 Å². The molecule has 1 aromatic carbocycles. The fourth-order valence-electron chi connectivity index (χ4n) is 1.04. The summed E-state index contributed by atoms with van der Waals surface area (Å²) in [6, 6.07) is 2.33. The van der Waals surface area contributed by atoms with Crippen LogP contribution in [-0.2, 0) is 0 Å². The van der Waals surface area contributed by atoms with Crippen LogP contribution in [0.25, 0.3) is 0 Å². The first-order valence-corrected chi connectivity index (χ1v) is 4.64. The van der Waals surface area contributed by atoms with Crippen molar-refractivity contribution in [1.29, 1.82) is 0 Å². The molecule has 1 aromatic rings. The second-order valence-corrected chi connectivity index (χ2v) is 4.02. The molecule has 0 aliphatic rings. The monoisotopic (exact) mass is 224 g/mol. The number of hydrogen-bond acceptors (Lipinski definition) is 1. The summed E-state index contributed by atoms with van der Waals surface area (Å²) in [4.78, 5) is -0.0828. The lowest BCUT2D eigenvalue weighted by Gasteiger charge is -2.09. The Morgan fingerprint density at radius 1 is 1.07 bits per heavy atom. The van der Waals surface area contributed by atoms with Crippen molar-refractivity contribution in [2.24, 2.45) is 0 Å². The highest BCUT2D eigenvalue weighted by Crippen LogP contribution is 2.38. The summed E-state index contributed by atoms with van der Waals surface area (Å²) < 4.78 is 48.9. The maximum Gasteiger partial charge on any atom is 0.446 e. The highest BCUT2D eigenvalue weighted by Gasteiger charge is 2.30. The van der Waals surface area contributed by atoms with Crippen LogP contribution in [0.1, 0.15) is 11.1 Å². The SMILES string of the molecule is Cc1cc(C)c(SC(F)(F)F)cc1F. The Morgan fingerprint density at radius 3 is 2.14 bits per heavy atom. The largest absolute Gasteiger partial charge is 0.446 e. The van der Waals surface area contributed by atoms with Gasteiger partial charge in [-0.25, -0.2) is 4.39 Å². The number of halogens is 4. The van der Waals surface area contributed by atoms with Crippen molar-refractivity contribution in [2.45, 2.75) is 24.3 Å². The van der Waals surface area contributed by atoms with Gasteiger partial charge in [0.05, 0.1) is 0 Å². The van der Waals surface area contributed by atoms with Crippen molar-refractivity contribution in [1.82, 2.24) is 0 Å². The first-order valence-electron chi connectivity index (χ1n) is 3.82. The Bertz CT molecular complexity index is 343. The van der Waals surface area contributed by atoms with Crippen LogP contribution >= 0.6 is 11.8 Å². The van der Waals surface area contributed by atoms with E-state index in [1.165, 1.54) is 19.9 Å². The second kappa shape index (κ2) is 3.81. The highest BCUT2D eigenvalue weighted by atomic mass is 32.2. The lowest BCUT2D eigenvalue weighted by atomic mass is 10.1. The summed E-state index contributed by atoms with van der Waals surface area (Å²) in [6.45, 7) is 3.05. The van der Waals surface area contributed by atoms with E-state index in [1.807, 2.05) is 0 Å². The lowest BCUT2D eigenvalue weighted by Crippen LogP contribution is -2.00. The third-order valence-electron chi connectivity index (χ3n) is 1.68. The zero-order chi connectivity index (χ0) is 10.9. The van der Waals surface area contributed by atoms with Crippen LogP contribution in [0.5, 0.6) is 0 Å². The van der Waals surface area contributed by atoms with Crippen molar-refractivity contribution in [3.8, 4) is 0 Å². The number of rotatable bonds is 1. The lowest BCUT2D eigenvalue weighted by molar-refractivity contribution is -0.0328. The van der Waals surface area contributed by atoms with E-state index in [0.717, 1.165) is 6.07 Å². The number of thioether (sulfide) groups is 1. The van der Waals surface area contributed by atoms with Gasteiger partial charge >= 0.3 is 5.51 Å². The van der Waals surface area contributed by atoms with E-state index >= 15 is 0 Å². The van der Waals surface area contributed by atoms with Crippen LogP contribution in [0.2, 0.25) is 0 Å². The molecule has 0 radical (unpaired) electrons. The van der Waals surface area contributed by atoms with Crippen LogP contribution in [0, 0.1) is 19.7 Å². The van der Waals surface area contributed by atoms with Crippen molar-refractivity contribution in [3.63, 3.8) is 0 Å². The zero-order valence-corrected chi connectivity index (χ0v) is 8.39. The highest BCUT2D eigenvalue weighted by molar-refractivity contribution is 8.00. The van der Waals surface area contributed by atoms with Crippen molar-refractivity contribution >= 4 is 11.8 Å².